The molecule has 0 fully saturated rings. The van der Waals surface area contributed by atoms with E-state index in [9.17, 15) is 14.7 Å². The monoisotopic (exact) mass is 337 g/mol. The molecule has 0 saturated heterocycles. The van der Waals surface area contributed by atoms with Gasteiger partial charge in [-0.1, -0.05) is 72.8 Å². The summed E-state index contributed by atoms with van der Waals surface area (Å²) in [5.74, 6) is -0.172. The Bertz CT molecular complexity index is 696. The highest BCUT2D eigenvalue weighted by Gasteiger charge is 2.14. The highest BCUT2D eigenvalue weighted by Crippen LogP contribution is 2.08. The van der Waals surface area contributed by atoms with E-state index in [0.29, 0.717) is 12.1 Å². The summed E-state index contributed by atoms with van der Waals surface area (Å²) in [6, 6.07) is 18.8. The van der Waals surface area contributed by atoms with Gasteiger partial charge in [0.1, 0.15) is 0 Å². The number of nitrogens with zero attached hydrogens (tertiary/aromatic N) is 1. The number of ketones is 1. The van der Waals surface area contributed by atoms with E-state index in [0.717, 1.165) is 5.56 Å². The van der Waals surface area contributed by atoms with Crippen molar-refractivity contribution in [3.63, 3.8) is 0 Å². The number of carbonyl (C=O) groups excluding carboxylic acids is 2. The Morgan fingerprint density at radius 1 is 0.920 bits per heavy atom. The maximum atomic E-state index is 12.3. The van der Waals surface area contributed by atoms with Crippen LogP contribution in [0.1, 0.15) is 28.8 Å². The molecular weight excluding hydrogens is 314 g/mol. The van der Waals surface area contributed by atoms with Gasteiger partial charge in [0.2, 0.25) is 5.91 Å². The first kappa shape index (κ1) is 18.6. The van der Waals surface area contributed by atoms with Gasteiger partial charge < -0.3 is 10.0 Å². The van der Waals surface area contributed by atoms with Crippen LogP contribution in [0.3, 0.4) is 0 Å². The van der Waals surface area contributed by atoms with E-state index in [-0.39, 0.29) is 37.7 Å². The molecule has 1 N–H and O–H groups in total. The number of benzene rings is 2. The lowest BCUT2D eigenvalue weighted by Crippen LogP contribution is -2.33. The fourth-order valence-electron chi connectivity index (χ4n) is 2.47. The standard InChI is InChI=1S/C21H23NO3/c23-17-16-22(15-7-10-18-8-3-1-4-9-18)21(25)14-13-20(24)19-11-5-2-6-12-19/h1-12,23H,13-17H2. The Morgan fingerprint density at radius 2 is 1.56 bits per heavy atom. The minimum atomic E-state index is -0.129. The van der Waals surface area contributed by atoms with Gasteiger partial charge >= 0.3 is 0 Å². The lowest BCUT2D eigenvalue weighted by Gasteiger charge is -2.20. The van der Waals surface area contributed by atoms with Crippen LogP contribution in [0.25, 0.3) is 6.08 Å². The quantitative estimate of drug-likeness (QED) is 0.715. The largest absolute Gasteiger partial charge is 0.395 e. The maximum absolute atomic E-state index is 12.3. The first-order valence-corrected chi connectivity index (χ1v) is 8.39. The number of hydrogen-bond acceptors (Lipinski definition) is 3. The summed E-state index contributed by atoms with van der Waals surface area (Å²) in [6.07, 6.45) is 4.15. The SMILES string of the molecule is O=C(CCC(=O)N(CC=Cc1ccccc1)CCO)c1ccccc1. The molecule has 0 unspecified atom stereocenters. The third-order valence-corrected chi connectivity index (χ3v) is 3.82. The maximum Gasteiger partial charge on any atom is 0.223 e. The predicted molar refractivity (Wildman–Crippen MR) is 99.1 cm³/mol. The average Bonchev–Trinajstić information content (AvgIpc) is 2.66. The molecule has 0 aliphatic rings. The van der Waals surface area contributed by atoms with Crippen LogP contribution in [0.15, 0.2) is 66.7 Å². The third kappa shape index (κ3) is 6.36. The number of hydrogen-bond donors (Lipinski definition) is 1. The Balaban J connectivity index is 1.87. The van der Waals surface area contributed by atoms with Crippen LogP contribution in [0.2, 0.25) is 0 Å². The van der Waals surface area contributed by atoms with Crippen LogP contribution in [-0.2, 0) is 4.79 Å². The second-order valence-corrected chi connectivity index (χ2v) is 5.67. The second kappa shape index (κ2) is 10.2. The van der Waals surface area contributed by atoms with E-state index in [1.165, 1.54) is 0 Å². The molecule has 0 spiro atoms. The zero-order chi connectivity index (χ0) is 17.9. The topological polar surface area (TPSA) is 57.6 Å². The highest BCUT2D eigenvalue weighted by atomic mass is 16.3. The van der Waals surface area contributed by atoms with Crippen molar-refractivity contribution < 1.29 is 14.7 Å². The van der Waals surface area contributed by atoms with Crippen molar-refractivity contribution in [2.45, 2.75) is 12.8 Å². The highest BCUT2D eigenvalue weighted by molar-refractivity contribution is 5.97. The van der Waals surface area contributed by atoms with E-state index in [4.69, 9.17) is 0 Å². The second-order valence-electron chi connectivity index (χ2n) is 5.67. The van der Waals surface area contributed by atoms with Crippen LogP contribution < -0.4 is 0 Å². The van der Waals surface area contributed by atoms with E-state index in [2.05, 4.69) is 0 Å². The van der Waals surface area contributed by atoms with E-state index in [1.807, 2.05) is 60.7 Å². The Hall–Kier alpha value is -2.72. The molecule has 0 radical (unpaired) electrons. The summed E-state index contributed by atoms with van der Waals surface area (Å²) < 4.78 is 0. The molecule has 0 saturated carbocycles. The van der Waals surface area contributed by atoms with Crippen LogP contribution in [0.4, 0.5) is 0 Å². The number of aliphatic hydroxyl groups excluding tert-OH is 1. The summed E-state index contributed by atoms with van der Waals surface area (Å²) in [4.78, 5) is 26.0. The molecule has 0 aliphatic carbocycles. The van der Waals surface area contributed by atoms with Crippen LogP contribution in [0, 0.1) is 0 Å². The fraction of sp³-hybridized carbons (Fsp3) is 0.238. The molecule has 2 aromatic carbocycles. The van der Waals surface area contributed by atoms with Gasteiger partial charge in [0.25, 0.3) is 0 Å². The Labute approximate surface area is 148 Å². The van der Waals surface area contributed by atoms with Crippen LogP contribution in [-0.4, -0.2) is 41.4 Å². The van der Waals surface area contributed by atoms with Crippen molar-refractivity contribution in [2.75, 3.05) is 19.7 Å². The van der Waals surface area contributed by atoms with Crippen molar-refractivity contribution >= 4 is 17.8 Å². The van der Waals surface area contributed by atoms with Gasteiger partial charge in [-0.05, 0) is 5.56 Å². The number of amides is 1. The Kier molecular flexibility index (Phi) is 7.60. The molecule has 1 amide bonds. The van der Waals surface area contributed by atoms with E-state index < -0.39 is 0 Å². The average molecular weight is 337 g/mol. The van der Waals surface area contributed by atoms with Gasteiger partial charge in [0.15, 0.2) is 5.78 Å². The van der Waals surface area contributed by atoms with Gasteiger partial charge in [-0.15, -0.1) is 0 Å². The van der Waals surface area contributed by atoms with Crippen molar-refractivity contribution in [1.29, 1.82) is 0 Å². The first-order valence-electron chi connectivity index (χ1n) is 8.39. The zero-order valence-corrected chi connectivity index (χ0v) is 14.2. The van der Waals surface area contributed by atoms with E-state index >= 15 is 0 Å². The van der Waals surface area contributed by atoms with Crippen molar-refractivity contribution in [3.8, 4) is 0 Å². The molecule has 0 aliphatic heterocycles. The molecule has 4 nitrogen and oxygen atoms in total. The summed E-state index contributed by atoms with van der Waals surface area (Å²) in [5, 5.41) is 9.17. The van der Waals surface area contributed by atoms with Gasteiger partial charge in [-0.3, -0.25) is 9.59 Å². The molecule has 0 heterocycles. The summed E-state index contributed by atoms with van der Waals surface area (Å²) in [5.41, 5.74) is 1.67. The molecule has 2 aromatic rings. The molecule has 25 heavy (non-hydrogen) atoms. The summed E-state index contributed by atoms with van der Waals surface area (Å²) in [7, 11) is 0. The normalized spacial score (nSPS) is 10.8. The predicted octanol–water partition coefficient (Wildman–Crippen LogP) is 3.18. The summed E-state index contributed by atoms with van der Waals surface area (Å²) >= 11 is 0. The smallest absolute Gasteiger partial charge is 0.223 e. The fourth-order valence-corrected chi connectivity index (χ4v) is 2.47. The van der Waals surface area contributed by atoms with Crippen molar-refractivity contribution in [1.82, 2.24) is 4.90 Å². The minimum Gasteiger partial charge on any atom is -0.395 e. The van der Waals surface area contributed by atoms with Crippen molar-refractivity contribution in [3.05, 3.63) is 77.9 Å². The molecular formula is C21H23NO3. The Morgan fingerprint density at radius 3 is 2.20 bits per heavy atom. The van der Waals surface area contributed by atoms with Gasteiger partial charge in [0.05, 0.1) is 6.61 Å². The minimum absolute atomic E-state index is 0.0438. The van der Waals surface area contributed by atoms with Gasteiger partial charge in [0, 0.05) is 31.5 Å². The molecule has 4 heteroatoms. The number of rotatable bonds is 9. The van der Waals surface area contributed by atoms with Crippen LogP contribution >= 0.6 is 0 Å². The lowest BCUT2D eigenvalue weighted by atomic mass is 10.1. The summed E-state index contributed by atoms with van der Waals surface area (Å²) in [6.45, 7) is 0.572. The van der Waals surface area contributed by atoms with Crippen molar-refractivity contribution in [2.24, 2.45) is 0 Å². The zero-order valence-electron chi connectivity index (χ0n) is 14.2. The number of Topliss-reactive ketones (excluding diaryl/α,β-unsaturated/α-hetero) is 1. The van der Waals surface area contributed by atoms with Crippen LogP contribution in [0.5, 0.6) is 0 Å². The molecule has 2 rings (SSSR count). The molecule has 0 bridgehead atoms. The first-order chi connectivity index (χ1) is 12.2. The molecule has 0 atom stereocenters. The lowest BCUT2D eigenvalue weighted by molar-refractivity contribution is -0.131. The molecule has 0 aromatic heterocycles. The number of carbonyl (C=O) groups is 2. The third-order valence-electron chi connectivity index (χ3n) is 3.82. The molecule has 130 valence electrons. The number of aliphatic hydroxyl groups is 1. The van der Waals surface area contributed by atoms with Gasteiger partial charge in [-0.25, -0.2) is 0 Å². The van der Waals surface area contributed by atoms with E-state index in [1.54, 1.807) is 17.0 Å². The van der Waals surface area contributed by atoms with Gasteiger partial charge in [-0.2, -0.15) is 0 Å².